The second kappa shape index (κ2) is 7.93. The number of aryl methyl sites for hydroxylation is 2. The van der Waals surface area contributed by atoms with E-state index in [0.29, 0.717) is 23.1 Å². The molecule has 26 heavy (non-hydrogen) atoms. The number of fused-ring (bicyclic) bond motifs is 1. The molecule has 0 saturated carbocycles. The van der Waals surface area contributed by atoms with Gasteiger partial charge in [0.25, 0.3) is 5.91 Å². The number of furan rings is 2. The molecular formula is C19H22ClFN2O3. The molecule has 0 aliphatic heterocycles. The fourth-order valence-corrected chi connectivity index (χ4v) is 2.85. The van der Waals surface area contributed by atoms with E-state index in [4.69, 9.17) is 8.83 Å². The van der Waals surface area contributed by atoms with Crippen LogP contribution in [0.25, 0.3) is 11.0 Å². The largest absolute Gasteiger partial charge is 0.465 e. The third-order valence-corrected chi connectivity index (χ3v) is 4.27. The molecule has 2 heterocycles. The first-order chi connectivity index (χ1) is 11.9. The fraction of sp³-hybridized carbons (Fsp3) is 0.316. The van der Waals surface area contributed by atoms with Crippen LogP contribution in [0.5, 0.6) is 0 Å². The second-order valence-corrected chi connectivity index (χ2v) is 6.33. The molecule has 7 heteroatoms. The van der Waals surface area contributed by atoms with Gasteiger partial charge < -0.3 is 14.2 Å². The first-order valence-corrected chi connectivity index (χ1v) is 8.06. The van der Waals surface area contributed by atoms with E-state index in [-0.39, 0.29) is 35.9 Å². The first-order valence-electron chi connectivity index (χ1n) is 8.06. The van der Waals surface area contributed by atoms with Crippen LogP contribution >= 0.6 is 12.4 Å². The highest BCUT2D eigenvalue weighted by atomic mass is 35.5. The van der Waals surface area contributed by atoms with Crippen molar-refractivity contribution in [2.45, 2.75) is 19.9 Å². The summed E-state index contributed by atoms with van der Waals surface area (Å²) in [5.41, 5.74) is 1.12. The van der Waals surface area contributed by atoms with Gasteiger partial charge in [0.1, 0.15) is 22.9 Å². The Morgan fingerprint density at radius 3 is 2.54 bits per heavy atom. The van der Waals surface area contributed by atoms with Crippen molar-refractivity contribution in [3.05, 3.63) is 59.0 Å². The molecule has 5 nitrogen and oxygen atoms in total. The number of likely N-dealkylation sites (N-methyl/N-ethyl adjacent to an activating group) is 1. The quantitative estimate of drug-likeness (QED) is 0.719. The zero-order chi connectivity index (χ0) is 18.1. The molecule has 0 fully saturated rings. The zero-order valence-electron chi connectivity index (χ0n) is 15.1. The standard InChI is InChI=1S/C19H21FN2O3.ClH/c1-11-5-7-17(24-11)15(22(3)4)10-21-19(23)18-12(2)14-9-13(20)6-8-16(14)25-18;/h5-9,15H,10H2,1-4H3,(H,21,23);1H. The van der Waals surface area contributed by atoms with Crippen molar-refractivity contribution >= 4 is 29.3 Å². The van der Waals surface area contributed by atoms with Crippen LogP contribution in [0.4, 0.5) is 4.39 Å². The number of nitrogens with one attached hydrogen (secondary N) is 1. The van der Waals surface area contributed by atoms with E-state index in [9.17, 15) is 9.18 Å². The SMILES string of the molecule is Cc1ccc(C(CNC(=O)c2oc3ccc(F)cc3c2C)N(C)C)o1.Cl. The summed E-state index contributed by atoms with van der Waals surface area (Å²) in [5, 5.41) is 3.48. The highest BCUT2D eigenvalue weighted by Crippen LogP contribution is 2.26. The molecular weight excluding hydrogens is 359 g/mol. The fourth-order valence-electron chi connectivity index (χ4n) is 2.85. The monoisotopic (exact) mass is 380 g/mol. The number of carbonyl (C=O) groups excluding carboxylic acids is 1. The van der Waals surface area contributed by atoms with Crippen molar-refractivity contribution in [2.75, 3.05) is 20.6 Å². The van der Waals surface area contributed by atoms with Gasteiger partial charge in [0, 0.05) is 17.5 Å². The van der Waals surface area contributed by atoms with Crippen LogP contribution in [-0.4, -0.2) is 31.4 Å². The van der Waals surface area contributed by atoms with Gasteiger partial charge in [-0.2, -0.15) is 0 Å². The second-order valence-electron chi connectivity index (χ2n) is 6.33. The van der Waals surface area contributed by atoms with Gasteiger partial charge in [-0.05, 0) is 58.3 Å². The molecule has 3 aromatic rings. The summed E-state index contributed by atoms with van der Waals surface area (Å²) < 4.78 is 24.7. The van der Waals surface area contributed by atoms with Crippen LogP contribution in [0, 0.1) is 19.7 Å². The topological polar surface area (TPSA) is 58.6 Å². The van der Waals surface area contributed by atoms with Gasteiger partial charge in [0.05, 0.1) is 6.04 Å². The number of hydrogen-bond donors (Lipinski definition) is 1. The molecule has 0 saturated heterocycles. The van der Waals surface area contributed by atoms with Gasteiger partial charge in [-0.1, -0.05) is 0 Å². The molecule has 0 spiro atoms. The van der Waals surface area contributed by atoms with E-state index < -0.39 is 0 Å². The van der Waals surface area contributed by atoms with E-state index in [1.807, 2.05) is 38.1 Å². The van der Waals surface area contributed by atoms with Gasteiger partial charge in [-0.25, -0.2) is 4.39 Å². The number of carbonyl (C=O) groups is 1. The molecule has 140 valence electrons. The minimum Gasteiger partial charge on any atom is -0.465 e. The lowest BCUT2D eigenvalue weighted by molar-refractivity contribution is 0.0912. The van der Waals surface area contributed by atoms with Gasteiger partial charge in [0.15, 0.2) is 5.76 Å². The summed E-state index contributed by atoms with van der Waals surface area (Å²) in [6, 6.07) is 7.92. The lowest BCUT2D eigenvalue weighted by Gasteiger charge is -2.22. The summed E-state index contributed by atoms with van der Waals surface area (Å²) in [4.78, 5) is 14.5. The van der Waals surface area contributed by atoms with E-state index in [2.05, 4.69) is 5.32 Å². The average Bonchev–Trinajstić information content (AvgIpc) is 3.11. The molecule has 0 aliphatic carbocycles. The van der Waals surface area contributed by atoms with E-state index in [0.717, 1.165) is 11.5 Å². The minimum absolute atomic E-state index is 0. The van der Waals surface area contributed by atoms with Crippen LogP contribution in [-0.2, 0) is 0 Å². The van der Waals surface area contributed by atoms with Gasteiger partial charge in [-0.15, -0.1) is 12.4 Å². The summed E-state index contributed by atoms with van der Waals surface area (Å²) in [5.74, 6) is 1.12. The molecule has 2 aromatic heterocycles. The van der Waals surface area contributed by atoms with E-state index in [1.54, 1.807) is 6.92 Å². The molecule has 1 atom stereocenters. The number of benzene rings is 1. The Bertz CT molecular complexity index is 917. The normalized spacial score (nSPS) is 12.2. The summed E-state index contributed by atoms with van der Waals surface area (Å²) >= 11 is 0. The molecule has 0 bridgehead atoms. The summed E-state index contributed by atoms with van der Waals surface area (Å²) in [6.45, 7) is 3.99. The van der Waals surface area contributed by atoms with E-state index >= 15 is 0 Å². The Balaban J connectivity index is 0.00000243. The highest BCUT2D eigenvalue weighted by molar-refractivity contribution is 5.98. The molecule has 3 rings (SSSR count). The predicted octanol–water partition coefficient (Wildman–Crippen LogP) is 4.24. The maximum atomic E-state index is 13.4. The highest BCUT2D eigenvalue weighted by Gasteiger charge is 2.22. The van der Waals surface area contributed by atoms with Crippen molar-refractivity contribution in [3.63, 3.8) is 0 Å². The van der Waals surface area contributed by atoms with Crippen LogP contribution in [0.1, 0.15) is 33.7 Å². The average molecular weight is 381 g/mol. The Hall–Kier alpha value is -2.31. The van der Waals surface area contributed by atoms with Crippen molar-refractivity contribution in [1.29, 1.82) is 0 Å². The number of halogens is 2. The Kier molecular flexibility index (Phi) is 6.10. The number of amides is 1. The third-order valence-electron chi connectivity index (χ3n) is 4.27. The molecule has 0 aliphatic rings. The van der Waals surface area contributed by atoms with Crippen LogP contribution < -0.4 is 5.32 Å². The molecule has 0 radical (unpaired) electrons. The zero-order valence-corrected chi connectivity index (χ0v) is 15.9. The Morgan fingerprint density at radius 1 is 1.19 bits per heavy atom. The summed E-state index contributed by atoms with van der Waals surface area (Å²) in [7, 11) is 3.84. The van der Waals surface area contributed by atoms with Gasteiger partial charge in [0.2, 0.25) is 0 Å². The predicted molar refractivity (Wildman–Crippen MR) is 100 cm³/mol. The minimum atomic E-state index is -0.357. The van der Waals surface area contributed by atoms with Gasteiger partial charge in [-0.3, -0.25) is 9.69 Å². The van der Waals surface area contributed by atoms with Crippen LogP contribution in [0.3, 0.4) is 0 Å². The summed E-state index contributed by atoms with van der Waals surface area (Å²) in [6.07, 6.45) is 0. The van der Waals surface area contributed by atoms with Crippen molar-refractivity contribution in [3.8, 4) is 0 Å². The Morgan fingerprint density at radius 2 is 1.92 bits per heavy atom. The lowest BCUT2D eigenvalue weighted by Crippen LogP contribution is -2.34. The number of hydrogen-bond acceptors (Lipinski definition) is 4. The molecule has 1 unspecified atom stereocenters. The third kappa shape index (κ3) is 3.92. The van der Waals surface area contributed by atoms with Crippen molar-refractivity contribution in [1.82, 2.24) is 10.2 Å². The van der Waals surface area contributed by atoms with Gasteiger partial charge >= 0.3 is 0 Å². The van der Waals surface area contributed by atoms with Crippen molar-refractivity contribution in [2.24, 2.45) is 0 Å². The molecule has 1 aromatic carbocycles. The number of rotatable bonds is 5. The van der Waals surface area contributed by atoms with Crippen molar-refractivity contribution < 1.29 is 18.0 Å². The maximum absolute atomic E-state index is 13.4. The molecule has 1 amide bonds. The van der Waals surface area contributed by atoms with Crippen LogP contribution in [0.2, 0.25) is 0 Å². The smallest absolute Gasteiger partial charge is 0.287 e. The van der Waals surface area contributed by atoms with Crippen LogP contribution in [0.15, 0.2) is 39.2 Å². The number of nitrogens with zero attached hydrogens (tertiary/aromatic N) is 1. The maximum Gasteiger partial charge on any atom is 0.287 e. The Labute approximate surface area is 157 Å². The molecule has 1 N–H and O–H groups in total. The van der Waals surface area contributed by atoms with E-state index in [1.165, 1.54) is 18.2 Å². The first kappa shape index (κ1) is 20.0. The lowest BCUT2D eigenvalue weighted by atomic mass is 10.1.